The van der Waals surface area contributed by atoms with Crippen molar-refractivity contribution in [2.45, 2.75) is 12.6 Å². The van der Waals surface area contributed by atoms with Gasteiger partial charge in [-0.2, -0.15) is 0 Å². The second-order valence-corrected chi connectivity index (χ2v) is 8.35. The van der Waals surface area contributed by atoms with Crippen LogP contribution in [0.3, 0.4) is 0 Å². The van der Waals surface area contributed by atoms with Crippen molar-refractivity contribution >= 4 is 5.69 Å². The maximum atomic E-state index is 9.68. The van der Waals surface area contributed by atoms with Crippen molar-refractivity contribution in [3.05, 3.63) is 72.3 Å². The molecule has 6 nitrogen and oxygen atoms in total. The number of nitrogens with zero attached hydrogens (tertiary/aromatic N) is 3. The molecule has 2 saturated heterocycles. The maximum Gasteiger partial charge on any atom is 0.135 e. The number of aliphatic hydroxyl groups excluding tert-OH is 2. The van der Waals surface area contributed by atoms with Gasteiger partial charge >= 0.3 is 0 Å². The van der Waals surface area contributed by atoms with Gasteiger partial charge in [-0.25, -0.2) is 4.98 Å². The normalized spacial score (nSPS) is 17.4. The van der Waals surface area contributed by atoms with Gasteiger partial charge in [-0.1, -0.05) is 36.1 Å². The molecule has 0 radical (unpaired) electrons. The minimum atomic E-state index is -0.441. The van der Waals surface area contributed by atoms with Crippen LogP contribution in [0.15, 0.2) is 60.9 Å². The van der Waals surface area contributed by atoms with Crippen LogP contribution in [-0.2, 0) is 11.3 Å². The molecule has 6 heteroatoms. The van der Waals surface area contributed by atoms with Crippen LogP contribution in [0.2, 0.25) is 0 Å². The Kier molecular flexibility index (Phi) is 5.24. The molecule has 0 amide bonds. The number of benzene rings is 2. The van der Waals surface area contributed by atoms with Crippen molar-refractivity contribution in [2.75, 3.05) is 37.8 Å². The third-order valence-corrected chi connectivity index (χ3v) is 6.10. The lowest BCUT2D eigenvalue weighted by Gasteiger charge is -2.56. The van der Waals surface area contributed by atoms with Gasteiger partial charge in [-0.05, 0) is 35.4 Å². The summed E-state index contributed by atoms with van der Waals surface area (Å²) in [5.74, 6) is 6.67. The third-order valence-electron chi connectivity index (χ3n) is 6.10. The lowest BCUT2D eigenvalue weighted by atomic mass is 9.78. The molecule has 1 unspecified atom stereocenters. The molecular weight excluding hydrogens is 390 g/mol. The lowest BCUT2D eigenvalue weighted by Crippen LogP contribution is -2.66. The van der Waals surface area contributed by atoms with Crippen LogP contribution in [0.1, 0.15) is 17.4 Å². The van der Waals surface area contributed by atoms with E-state index in [9.17, 15) is 10.2 Å². The molecule has 0 bridgehead atoms. The zero-order valence-electron chi connectivity index (χ0n) is 17.2. The smallest absolute Gasteiger partial charge is 0.135 e. The van der Waals surface area contributed by atoms with E-state index in [1.807, 2.05) is 12.1 Å². The van der Waals surface area contributed by atoms with E-state index in [0.717, 1.165) is 37.4 Å². The number of anilines is 1. The first-order chi connectivity index (χ1) is 15.2. The number of aliphatic hydroxyl groups is 2. The Bertz CT molecular complexity index is 1100. The van der Waals surface area contributed by atoms with Gasteiger partial charge in [-0.15, -0.1) is 0 Å². The Balaban J connectivity index is 1.25. The maximum absolute atomic E-state index is 9.68. The highest BCUT2D eigenvalue weighted by molar-refractivity contribution is 5.67. The zero-order chi connectivity index (χ0) is 21.3. The minimum Gasteiger partial charge on any atom is -0.393 e. The fourth-order valence-corrected chi connectivity index (χ4v) is 4.25. The van der Waals surface area contributed by atoms with Crippen LogP contribution in [0.5, 0.6) is 0 Å². The van der Waals surface area contributed by atoms with E-state index < -0.39 is 6.04 Å². The van der Waals surface area contributed by atoms with Gasteiger partial charge in [-0.3, -0.25) is 0 Å². The van der Waals surface area contributed by atoms with Crippen molar-refractivity contribution in [2.24, 2.45) is 5.41 Å². The highest BCUT2D eigenvalue weighted by Gasteiger charge is 2.48. The number of imidazole rings is 1. The first-order valence-electron chi connectivity index (χ1n) is 10.5. The molecule has 3 heterocycles. The van der Waals surface area contributed by atoms with Gasteiger partial charge in [0, 0.05) is 36.7 Å². The number of rotatable bonds is 5. The fraction of sp³-hybridized carbons (Fsp3) is 0.320. The molecular formula is C25H25N3O3. The van der Waals surface area contributed by atoms with Gasteiger partial charge in [0.05, 0.1) is 25.2 Å². The van der Waals surface area contributed by atoms with E-state index in [1.54, 1.807) is 17.0 Å². The summed E-state index contributed by atoms with van der Waals surface area (Å²) in [6, 6.07) is 16.4. The predicted octanol–water partition coefficient (Wildman–Crippen LogP) is 2.46. The van der Waals surface area contributed by atoms with E-state index in [-0.39, 0.29) is 13.2 Å². The highest BCUT2D eigenvalue weighted by Crippen LogP contribution is 2.40. The SMILES string of the molecule is OCc1nccn1C(C#Cc1ccc(-c2ccc(N3CC4(COC4)C3)cc2)cc1)CO. The van der Waals surface area contributed by atoms with Crippen LogP contribution in [0.4, 0.5) is 5.69 Å². The minimum absolute atomic E-state index is 0.147. The Morgan fingerprint density at radius 3 is 2.26 bits per heavy atom. The zero-order valence-corrected chi connectivity index (χ0v) is 17.2. The Hall–Kier alpha value is -3.11. The molecule has 5 rings (SSSR count). The molecule has 1 aromatic heterocycles. The summed E-state index contributed by atoms with van der Waals surface area (Å²) in [6.07, 6.45) is 3.31. The molecule has 0 aliphatic carbocycles. The first-order valence-corrected chi connectivity index (χ1v) is 10.5. The van der Waals surface area contributed by atoms with E-state index in [2.05, 4.69) is 58.1 Å². The number of ether oxygens (including phenoxy) is 1. The summed E-state index contributed by atoms with van der Waals surface area (Å²) < 4.78 is 7.05. The van der Waals surface area contributed by atoms with Crippen LogP contribution < -0.4 is 4.90 Å². The van der Waals surface area contributed by atoms with Gasteiger partial charge in [0.2, 0.25) is 0 Å². The first kappa shape index (κ1) is 19.8. The monoisotopic (exact) mass is 415 g/mol. The summed E-state index contributed by atoms with van der Waals surface area (Å²) in [7, 11) is 0. The summed E-state index contributed by atoms with van der Waals surface area (Å²) in [6.45, 7) is 3.65. The molecule has 2 aliphatic heterocycles. The van der Waals surface area contributed by atoms with Crippen molar-refractivity contribution in [3.8, 4) is 23.0 Å². The van der Waals surface area contributed by atoms with E-state index >= 15 is 0 Å². The second-order valence-electron chi connectivity index (χ2n) is 8.35. The topological polar surface area (TPSA) is 70.8 Å². The van der Waals surface area contributed by atoms with E-state index in [4.69, 9.17) is 4.74 Å². The average Bonchev–Trinajstić information content (AvgIpc) is 3.22. The van der Waals surface area contributed by atoms with Crippen molar-refractivity contribution < 1.29 is 14.9 Å². The van der Waals surface area contributed by atoms with Crippen molar-refractivity contribution in [1.82, 2.24) is 9.55 Å². The van der Waals surface area contributed by atoms with Crippen LogP contribution in [-0.4, -0.2) is 52.7 Å². The second kappa shape index (κ2) is 8.20. The molecule has 2 N–H and O–H groups in total. The van der Waals surface area contributed by atoms with E-state index in [1.165, 1.54) is 11.3 Å². The molecule has 2 aliphatic rings. The quantitative estimate of drug-likeness (QED) is 0.627. The summed E-state index contributed by atoms with van der Waals surface area (Å²) in [5, 5.41) is 19.0. The molecule has 158 valence electrons. The predicted molar refractivity (Wildman–Crippen MR) is 118 cm³/mol. The molecule has 0 saturated carbocycles. The van der Waals surface area contributed by atoms with Crippen LogP contribution in [0, 0.1) is 17.3 Å². The van der Waals surface area contributed by atoms with Gasteiger partial charge in [0.25, 0.3) is 0 Å². The highest BCUT2D eigenvalue weighted by atomic mass is 16.5. The number of hydrogen-bond donors (Lipinski definition) is 2. The molecule has 1 spiro atoms. The molecule has 1 atom stereocenters. The summed E-state index contributed by atoms with van der Waals surface area (Å²) in [5.41, 5.74) is 4.87. The number of aromatic nitrogens is 2. The average molecular weight is 415 g/mol. The van der Waals surface area contributed by atoms with Gasteiger partial charge < -0.3 is 24.4 Å². The summed E-state index contributed by atoms with van der Waals surface area (Å²) >= 11 is 0. The molecule has 3 aromatic rings. The van der Waals surface area contributed by atoms with Gasteiger partial charge in [0.1, 0.15) is 18.5 Å². The summed E-state index contributed by atoms with van der Waals surface area (Å²) in [4.78, 5) is 6.48. The molecule has 2 fully saturated rings. The Morgan fingerprint density at radius 2 is 1.68 bits per heavy atom. The van der Waals surface area contributed by atoms with Crippen LogP contribution >= 0.6 is 0 Å². The Morgan fingerprint density at radius 1 is 1.00 bits per heavy atom. The molecule has 31 heavy (non-hydrogen) atoms. The largest absolute Gasteiger partial charge is 0.393 e. The van der Waals surface area contributed by atoms with Gasteiger partial charge in [0.15, 0.2) is 0 Å². The Labute approximate surface area is 181 Å². The molecule has 2 aromatic carbocycles. The fourth-order valence-electron chi connectivity index (χ4n) is 4.25. The van der Waals surface area contributed by atoms with Crippen molar-refractivity contribution in [3.63, 3.8) is 0 Å². The van der Waals surface area contributed by atoms with Crippen molar-refractivity contribution in [1.29, 1.82) is 0 Å². The third kappa shape index (κ3) is 3.84. The van der Waals surface area contributed by atoms with E-state index in [0.29, 0.717) is 11.2 Å². The number of hydrogen-bond acceptors (Lipinski definition) is 5. The standard InChI is InChI=1S/C25H25N3O3/c29-13-23(28-12-11-26-24(28)14-30)8-3-19-1-4-20(5-2-19)21-6-9-22(10-7-21)27-15-25(16-27)17-31-18-25/h1-2,4-7,9-12,23,29-30H,13-18H2. The lowest BCUT2D eigenvalue weighted by molar-refractivity contribution is -0.127. The van der Waals surface area contributed by atoms with Crippen LogP contribution in [0.25, 0.3) is 11.1 Å².